The molecule has 1 atom stereocenters. The lowest BCUT2D eigenvalue weighted by atomic mass is 9.97. The summed E-state index contributed by atoms with van der Waals surface area (Å²) < 4.78 is 0. The van der Waals surface area contributed by atoms with E-state index in [2.05, 4.69) is 32.3 Å². The summed E-state index contributed by atoms with van der Waals surface area (Å²) in [6, 6.07) is 10.3. The Morgan fingerprint density at radius 2 is 2.00 bits per heavy atom. The van der Waals surface area contributed by atoms with Gasteiger partial charge in [-0.2, -0.15) is 0 Å². The lowest BCUT2D eigenvalue weighted by Gasteiger charge is -2.25. The maximum Gasteiger partial charge on any atom is 0.259 e. The molecule has 0 saturated heterocycles. The molecule has 1 aliphatic rings. The zero-order valence-electron chi connectivity index (χ0n) is 17.5. The topological polar surface area (TPSA) is 78.1 Å². The van der Waals surface area contributed by atoms with Crippen LogP contribution in [0, 0.1) is 0 Å². The number of thiophene rings is 1. The fourth-order valence-corrected chi connectivity index (χ4v) is 5.41. The third-order valence-electron chi connectivity index (χ3n) is 5.76. The fraction of sp³-hybridized carbons (Fsp3) is 0.435. The highest BCUT2D eigenvalue weighted by Crippen LogP contribution is 2.33. The normalized spacial score (nSPS) is 14.6. The summed E-state index contributed by atoms with van der Waals surface area (Å²) in [6.45, 7) is 0.538. The molecule has 1 aromatic carbocycles. The van der Waals surface area contributed by atoms with Crippen molar-refractivity contribution in [3.63, 3.8) is 0 Å². The van der Waals surface area contributed by atoms with Crippen LogP contribution in [0.5, 0.6) is 0 Å². The quantitative estimate of drug-likeness (QED) is 0.611. The van der Waals surface area contributed by atoms with Crippen molar-refractivity contribution < 1.29 is 4.79 Å². The minimum absolute atomic E-state index is 0.0361. The zero-order chi connectivity index (χ0) is 21.1. The standard InChI is InChI=1S/C23H28N4O2S/c1-27(2)17(15-8-4-3-5-9-15)14-24-20(28)13-12-19-25-22(29)21-16-10-6-7-11-18(16)30-23(21)26-19/h3-5,8-9,17H,6-7,10-14H2,1-2H3,(H,24,28)(H,25,26,29)/t17-/m0/s1. The van der Waals surface area contributed by atoms with Crippen molar-refractivity contribution in [2.24, 2.45) is 0 Å². The van der Waals surface area contributed by atoms with Gasteiger partial charge in [0.1, 0.15) is 10.7 Å². The van der Waals surface area contributed by atoms with Crippen molar-refractivity contribution >= 4 is 27.5 Å². The summed E-state index contributed by atoms with van der Waals surface area (Å²) in [5, 5.41) is 3.79. The summed E-state index contributed by atoms with van der Waals surface area (Å²) in [7, 11) is 4.02. The molecule has 158 valence electrons. The number of H-pyrrole nitrogens is 1. The van der Waals surface area contributed by atoms with Crippen LogP contribution in [-0.2, 0) is 24.1 Å². The maximum atomic E-state index is 12.6. The minimum Gasteiger partial charge on any atom is -0.354 e. The molecule has 2 heterocycles. The first kappa shape index (κ1) is 20.8. The maximum absolute atomic E-state index is 12.6. The molecule has 0 radical (unpaired) electrons. The smallest absolute Gasteiger partial charge is 0.259 e. The molecule has 4 rings (SSSR count). The Bertz CT molecular complexity index is 1090. The van der Waals surface area contributed by atoms with Crippen LogP contribution in [0.1, 0.15) is 47.1 Å². The number of carbonyl (C=O) groups excluding carboxylic acids is 1. The number of hydrogen-bond acceptors (Lipinski definition) is 5. The molecule has 1 aliphatic carbocycles. The number of fused-ring (bicyclic) bond motifs is 3. The van der Waals surface area contributed by atoms with Crippen molar-refractivity contribution in [2.45, 2.75) is 44.6 Å². The van der Waals surface area contributed by atoms with Crippen LogP contribution in [-0.4, -0.2) is 41.4 Å². The van der Waals surface area contributed by atoms with Crippen molar-refractivity contribution in [2.75, 3.05) is 20.6 Å². The number of amides is 1. The van der Waals surface area contributed by atoms with Gasteiger partial charge in [-0.25, -0.2) is 4.98 Å². The van der Waals surface area contributed by atoms with E-state index in [9.17, 15) is 9.59 Å². The van der Waals surface area contributed by atoms with Crippen LogP contribution in [0.15, 0.2) is 35.1 Å². The van der Waals surface area contributed by atoms with Crippen LogP contribution in [0.3, 0.4) is 0 Å². The third-order valence-corrected chi connectivity index (χ3v) is 6.95. The Morgan fingerprint density at radius 3 is 2.77 bits per heavy atom. The first-order chi connectivity index (χ1) is 14.5. The molecule has 2 aromatic heterocycles. The van der Waals surface area contributed by atoms with E-state index in [1.807, 2.05) is 32.3 Å². The molecule has 0 bridgehead atoms. The molecule has 30 heavy (non-hydrogen) atoms. The van der Waals surface area contributed by atoms with Crippen molar-refractivity contribution in [3.8, 4) is 0 Å². The first-order valence-electron chi connectivity index (χ1n) is 10.5. The van der Waals surface area contributed by atoms with Gasteiger partial charge >= 0.3 is 0 Å². The molecule has 3 aromatic rings. The summed E-state index contributed by atoms with van der Waals surface area (Å²) in [5.41, 5.74) is 2.29. The molecule has 0 saturated carbocycles. The van der Waals surface area contributed by atoms with Crippen LogP contribution >= 0.6 is 11.3 Å². The summed E-state index contributed by atoms with van der Waals surface area (Å²) >= 11 is 1.64. The van der Waals surface area contributed by atoms with E-state index in [0.29, 0.717) is 25.2 Å². The number of carbonyl (C=O) groups is 1. The van der Waals surface area contributed by atoms with Gasteiger partial charge < -0.3 is 15.2 Å². The average molecular weight is 425 g/mol. The van der Waals surface area contributed by atoms with Gasteiger partial charge in [-0.1, -0.05) is 30.3 Å². The molecule has 2 N–H and O–H groups in total. The first-order valence-corrected chi connectivity index (χ1v) is 11.4. The van der Waals surface area contributed by atoms with E-state index in [4.69, 9.17) is 0 Å². The second kappa shape index (κ2) is 9.10. The molecule has 6 nitrogen and oxygen atoms in total. The predicted octanol–water partition coefficient (Wildman–Crippen LogP) is 3.22. The number of aromatic amines is 1. The van der Waals surface area contributed by atoms with Gasteiger partial charge in [0.25, 0.3) is 5.56 Å². The Hall–Kier alpha value is -2.51. The second-order valence-electron chi connectivity index (χ2n) is 8.10. The molecule has 1 amide bonds. The Morgan fingerprint density at radius 1 is 1.23 bits per heavy atom. The van der Waals surface area contributed by atoms with Crippen LogP contribution in [0.4, 0.5) is 0 Å². The van der Waals surface area contributed by atoms with E-state index in [-0.39, 0.29) is 17.5 Å². The number of nitrogens with one attached hydrogen (secondary N) is 2. The molecule has 0 aliphatic heterocycles. The van der Waals surface area contributed by atoms with Crippen molar-refractivity contribution in [1.82, 2.24) is 20.2 Å². The largest absolute Gasteiger partial charge is 0.354 e. The molecule has 7 heteroatoms. The Labute approximate surface area is 180 Å². The fourth-order valence-electron chi connectivity index (χ4n) is 4.13. The van der Waals surface area contributed by atoms with Gasteiger partial charge in [-0.05, 0) is 50.9 Å². The molecular weight excluding hydrogens is 396 g/mol. The highest BCUT2D eigenvalue weighted by Gasteiger charge is 2.20. The van der Waals surface area contributed by atoms with Gasteiger partial charge in [0.05, 0.1) is 11.4 Å². The predicted molar refractivity (Wildman–Crippen MR) is 121 cm³/mol. The number of aromatic nitrogens is 2. The number of nitrogens with zero attached hydrogens (tertiary/aromatic N) is 2. The van der Waals surface area contributed by atoms with Crippen LogP contribution < -0.4 is 10.9 Å². The second-order valence-corrected chi connectivity index (χ2v) is 9.18. The minimum atomic E-state index is -0.0634. The van der Waals surface area contributed by atoms with Gasteiger partial charge in [0, 0.05) is 24.3 Å². The average Bonchev–Trinajstić information content (AvgIpc) is 3.12. The van der Waals surface area contributed by atoms with Crippen LogP contribution in [0.2, 0.25) is 0 Å². The van der Waals surface area contributed by atoms with E-state index in [1.165, 1.54) is 22.4 Å². The molecule has 0 spiro atoms. The summed E-state index contributed by atoms with van der Waals surface area (Å²) in [4.78, 5) is 36.8. The summed E-state index contributed by atoms with van der Waals surface area (Å²) in [6.07, 6.45) is 5.06. The lowest BCUT2D eigenvalue weighted by molar-refractivity contribution is -0.121. The van der Waals surface area contributed by atoms with Crippen LogP contribution in [0.25, 0.3) is 10.2 Å². The van der Waals surface area contributed by atoms with Gasteiger partial charge in [0.2, 0.25) is 5.91 Å². The SMILES string of the molecule is CN(C)[C@@H](CNC(=O)CCc1nc2sc3c(c2c(=O)[nH]1)CCCC3)c1ccccc1. The van der Waals surface area contributed by atoms with Gasteiger partial charge in [0.15, 0.2) is 0 Å². The number of hydrogen-bond donors (Lipinski definition) is 2. The Kier molecular flexibility index (Phi) is 6.29. The van der Waals surface area contributed by atoms with E-state index < -0.39 is 0 Å². The molecule has 0 fully saturated rings. The zero-order valence-corrected chi connectivity index (χ0v) is 18.3. The van der Waals surface area contributed by atoms with Gasteiger partial charge in [-0.3, -0.25) is 9.59 Å². The number of likely N-dealkylation sites (N-methyl/N-ethyl adjacent to an activating group) is 1. The molecule has 0 unspecified atom stereocenters. The van der Waals surface area contributed by atoms with Gasteiger partial charge in [-0.15, -0.1) is 11.3 Å². The number of benzene rings is 1. The van der Waals surface area contributed by atoms with Crippen molar-refractivity contribution in [3.05, 3.63) is 62.5 Å². The lowest BCUT2D eigenvalue weighted by Crippen LogP contribution is -2.34. The van der Waals surface area contributed by atoms with E-state index >= 15 is 0 Å². The highest BCUT2D eigenvalue weighted by atomic mass is 32.1. The van der Waals surface area contributed by atoms with E-state index in [0.717, 1.165) is 29.5 Å². The number of rotatable bonds is 7. The van der Waals surface area contributed by atoms with E-state index in [1.54, 1.807) is 11.3 Å². The monoisotopic (exact) mass is 424 g/mol. The third kappa shape index (κ3) is 4.47. The molecular formula is C23H28N4O2S. The number of aryl methyl sites for hydroxylation is 3. The Balaban J connectivity index is 1.39. The summed E-state index contributed by atoms with van der Waals surface area (Å²) in [5.74, 6) is 0.555. The highest BCUT2D eigenvalue weighted by molar-refractivity contribution is 7.18. The van der Waals surface area contributed by atoms with Crippen molar-refractivity contribution in [1.29, 1.82) is 0 Å².